The molecular formula is C14H20ClN3O. The van der Waals surface area contributed by atoms with Gasteiger partial charge in [0.2, 0.25) is 5.91 Å². The Labute approximate surface area is 118 Å². The molecule has 0 bridgehead atoms. The molecule has 1 aliphatic heterocycles. The number of hydrogen-bond donors (Lipinski definition) is 3. The van der Waals surface area contributed by atoms with Crippen molar-refractivity contribution in [2.24, 2.45) is 0 Å². The van der Waals surface area contributed by atoms with E-state index in [4.69, 9.17) is 11.6 Å². The molecule has 3 N–H and O–H groups in total. The van der Waals surface area contributed by atoms with Crippen LogP contribution in [0.3, 0.4) is 0 Å². The summed E-state index contributed by atoms with van der Waals surface area (Å²) in [6.07, 6.45) is 1.54. The fourth-order valence-electron chi connectivity index (χ4n) is 2.22. The van der Waals surface area contributed by atoms with Crippen LogP contribution in [0.5, 0.6) is 0 Å². The Bertz CT molecular complexity index is 444. The highest BCUT2D eigenvalue weighted by Crippen LogP contribution is 2.20. The van der Waals surface area contributed by atoms with E-state index >= 15 is 0 Å². The van der Waals surface area contributed by atoms with Crippen molar-refractivity contribution in [3.63, 3.8) is 0 Å². The zero-order chi connectivity index (χ0) is 13.7. The predicted molar refractivity (Wildman–Crippen MR) is 78.6 cm³/mol. The highest BCUT2D eigenvalue weighted by Gasteiger charge is 2.27. The van der Waals surface area contributed by atoms with Crippen LogP contribution in [0.4, 0.5) is 5.69 Å². The van der Waals surface area contributed by atoms with Crippen molar-refractivity contribution in [3.05, 3.63) is 29.3 Å². The summed E-state index contributed by atoms with van der Waals surface area (Å²) in [6.45, 7) is 4.85. The molecule has 1 unspecified atom stereocenters. The van der Waals surface area contributed by atoms with E-state index in [9.17, 15) is 4.79 Å². The van der Waals surface area contributed by atoms with Gasteiger partial charge in [0.15, 0.2) is 0 Å². The molecule has 1 aliphatic rings. The molecule has 1 heterocycles. The molecule has 104 valence electrons. The fourth-order valence-corrected chi connectivity index (χ4v) is 2.40. The van der Waals surface area contributed by atoms with Crippen LogP contribution in [-0.2, 0) is 4.79 Å². The van der Waals surface area contributed by atoms with Gasteiger partial charge in [0.05, 0.1) is 10.7 Å². The second-order valence-electron chi connectivity index (χ2n) is 5.19. The number of rotatable bonds is 5. The molecule has 0 radical (unpaired) electrons. The number of hydrogen-bond acceptors (Lipinski definition) is 3. The summed E-state index contributed by atoms with van der Waals surface area (Å²) in [5.41, 5.74) is 0.785. The average molecular weight is 282 g/mol. The molecule has 0 aromatic heterocycles. The molecular weight excluding hydrogens is 262 g/mol. The molecule has 1 atom stereocenters. The third kappa shape index (κ3) is 4.20. The molecule has 0 aliphatic carbocycles. The lowest BCUT2D eigenvalue weighted by Crippen LogP contribution is -2.45. The van der Waals surface area contributed by atoms with Gasteiger partial charge in [-0.2, -0.15) is 0 Å². The number of benzene rings is 1. The maximum atomic E-state index is 11.8. The Morgan fingerprint density at radius 3 is 2.95 bits per heavy atom. The van der Waals surface area contributed by atoms with E-state index in [1.807, 2.05) is 12.1 Å². The van der Waals surface area contributed by atoms with E-state index in [1.165, 1.54) is 0 Å². The number of anilines is 1. The number of nitrogens with one attached hydrogen (secondary N) is 3. The van der Waals surface area contributed by atoms with Crippen molar-refractivity contribution >= 4 is 23.2 Å². The molecule has 1 aromatic rings. The van der Waals surface area contributed by atoms with Crippen LogP contribution in [-0.4, -0.2) is 31.1 Å². The van der Waals surface area contributed by atoms with Gasteiger partial charge in [0.25, 0.3) is 0 Å². The maximum Gasteiger partial charge on any atom is 0.225 e. The summed E-state index contributed by atoms with van der Waals surface area (Å²) in [6, 6.07) is 7.26. The molecule has 4 nitrogen and oxygen atoms in total. The van der Waals surface area contributed by atoms with Crippen molar-refractivity contribution in [1.82, 2.24) is 10.6 Å². The Morgan fingerprint density at radius 2 is 2.26 bits per heavy atom. The van der Waals surface area contributed by atoms with Crippen LogP contribution in [0.25, 0.3) is 0 Å². The fraction of sp³-hybridized carbons (Fsp3) is 0.500. The minimum Gasteiger partial charge on any atom is -0.325 e. The van der Waals surface area contributed by atoms with Crippen molar-refractivity contribution in [3.8, 4) is 0 Å². The van der Waals surface area contributed by atoms with Crippen molar-refractivity contribution in [1.29, 1.82) is 0 Å². The standard InChI is InChI=1S/C14H20ClN3O/c1-14(7-9-16-10-14)17-8-6-13(19)18-12-5-3-2-4-11(12)15/h2-5,16-17H,6-10H2,1H3,(H,18,19). The van der Waals surface area contributed by atoms with E-state index < -0.39 is 0 Å². The summed E-state index contributed by atoms with van der Waals surface area (Å²) >= 11 is 5.99. The third-order valence-corrected chi connectivity index (χ3v) is 3.75. The summed E-state index contributed by atoms with van der Waals surface area (Å²) in [7, 11) is 0. The molecule has 1 saturated heterocycles. The van der Waals surface area contributed by atoms with Gasteiger partial charge in [0.1, 0.15) is 0 Å². The molecule has 0 spiro atoms. The monoisotopic (exact) mass is 281 g/mol. The Balaban J connectivity index is 1.74. The molecule has 0 saturated carbocycles. The predicted octanol–water partition coefficient (Wildman–Crippen LogP) is 2.01. The normalized spacial score (nSPS) is 22.4. The summed E-state index contributed by atoms with van der Waals surface area (Å²) in [4.78, 5) is 11.8. The van der Waals surface area contributed by atoms with Crippen molar-refractivity contribution in [2.45, 2.75) is 25.3 Å². The van der Waals surface area contributed by atoms with E-state index in [2.05, 4.69) is 22.9 Å². The lowest BCUT2D eigenvalue weighted by atomic mass is 10.0. The van der Waals surface area contributed by atoms with Crippen LogP contribution in [0, 0.1) is 0 Å². The van der Waals surface area contributed by atoms with Crippen LogP contribution in [0.1, 0.15) is 19.8 Å². The third-order valence-electron chi connectivity index (χ3n) is 3.42. The van der Waals surface area contributed by atoms with Gasteiger partial charge in [-0.25, -0.2) is 0 Å². The molecule has 1 fully saturated rings. The van der Waals surface area contributed by atoms with E-state index in [-0.39, 0.29) is 11.4 Å². The lowest BCUT2D eigenvalue weighted by Gasteiger charge is -2.24. The van der Waals surface area contributed by atoms with Crippen LogP contribution < -0.4 is 16.0 Å². The first-order chi connectivity index (χ1) is 9.09. The number of carbonyl (C=O) groups is 1. The van der Waals surface area contributed by atoms with E-state index in [0.29, 0.717) is 23.7 Å². The maximum absolute atomic E-state index is 11.8. The van der Waals surface area contributed by atoms with Crippen LogP contribution >= 0.6 is 11.6 Å². The van der Waals surface area contributed by atoms with E-state index in [1.54, 1.807) is 12.1 Å². The quantitative estimate of drug-likeness (QED) is 0.774. The minimum atomic E-state index is -0.0184. The Kier molecular flexibility index (Phi) is 4.80. The van der Waals surface area contributed by atoms with Crippen LogP contribution in [0.15, 0.2) is 24.3 Å². The van der Waals surface area contributed by atoms with Gasteiger partial charge in [-0.15, -0.1) is 0 Å². The van der Waals surface area contributed by atoms with Crippen molar-refractivity contribution < 1.29 is 4.79 Å². The SMILES string of the molecule is CC1(NCCC(=O)Nc2ccccc2Cl)CCNC1. The lowest BCUT2D eigenvalue weighted by molar-refractivity contribution is -0.116. The van der Waals surface area contributed by atoms with Gasteiger partial charge in [-0.3, -0.25) is 4.79 Å². The number of para-hydroxylation sites is 1. The van der Waals surface area contributed by atoms with Gasteiger partial charge in [-0.05, 0) is 32.0 Å². The smallest absolute Gasteiger partial charge is 0.225 e. The van der Waals surface area contributed by atoms with Crippen LogP contribution in [0.2, 0.25) is 5.02 Å². The number of halogens is 1. The molecule has 5 heteroatoms. The Hall–Kier alpha value is -1.10. The molecule has 1 amide bonds. The highest BCUT2D eigenvalue weighted by molar-refractivity contribution is 6.33. The van der Waals surface area contributed by atoms with Gasteiger partial charge in [0, 0.05) is 25.0 Å². The molecule has 1 aromatic carbocycles. The van der Waals surface area contributed by atoms with Crippen molar-refractivity contribution in [2.75, 3.05) is 25.0 Å². The number of carbonyl (C=O) groups excluding carboxylic acids is 1. The summed E-state index contributed by atoms with van der Waals surface area (Å²) in [5.74, 6) is -0.0184. The largest absolute Gasteiger partial charge is 0.325 e. The summed E-state index contributed by atoms with van der Waals surface area (Å²) in [5, 5.41) is 10.1. The first kappa shape index (κ1) is 14.3. The average Bonchev–Trinajstić information content (AvgIpc) is 2.79. The number of amides is 1. The van der Waals surface area contributed by atoms with Gasteiger partial charge >= 0.3 is 0 Å². The second kappa shape index (κ2) is 6.37. The minimum absolute atomic E-state index is 0.0184. The topological polar surface area (TPSA) is 53.2 Å². The first-order valence-electron chi connectivity index (χ1n) is 6.59. The summed E-state index contributed by atoms with van der Waals surface area (Å²) < 4.78 is 0. The van der Waals surface area contributed by atoms with Gasteiger partial charge < -0.3 is 16.0 Å². The Morgan fingerprint density at radius 1 is 1.47 bits per heavy atom. The highest BCUT2D eigenvalue weighted by atomic mass is 35.5. The second-order valence-corrected chi connectivity index (χ2v) is 5.60. The van der Waals surface area contributed by atoms with Gasteiger partial charge in [-0.1, -0.05) is 23.7 Å². The first-order valence-corrected chi connectivity index (χ1v) is 6.97. The molecule has 2 rings (SSSR count). The zero-order valence-corrected chi connectivity index (χ0v) is 11.9. The van der Waals surface area contributed by atoms with E-state index in [0.717, 1.165) is 19.5 Å². The zero-order valence-electron chi connectivity index (χ0n) is 11.1. The molecule has 19 heavy (non-hydrogen) atoms.